The number of rotatable bonds is 7. The lowest BCUT2D eigenvalue weighted by molar-refractivity contribution is 0.189. The Bertz CT molecular complexity index is 1180. The number of nitrogens with zero attached hydrogens (tertiary/aromatic N) is 4. The standard InChI is InChI=1S/C21H22N4O2S/c1-24-18-11-6-5-10-17(18)22-19(24)14-28-21-23-16-9-4-3-8-15(16)20(26)25(21)12-7-13-27-2/h3-6,8-11H,7,12-14H2,1-2H3. The molecule has 0 N–H and O–H groups in total. The highest BCUT2D eigenvalue weighted by Gasteiger charge is 2.14. The van der Waals surface area contributed by atoms with E-state index in [2.05, 4.69) is 10.6 Å². The zero-order valence-electron chi connectivity index (χ0n) is 16.0. The van der Waals surface area contributed by atoms with Crippen molar-refractivity contribution < 1.29 is 4.74 Å². The van der Waals surface area contributed by atoms with E-state index in [0.717, 1.165) is 28.8 Å². The molecule has 2 heterocycles. The first-order valence-electron chi connectivity index (χ1n) is 9.20. The summed E-state index contributed by atoms with van der Waals surface area (Å²) in [5, 5.41) is 1.36. The summed E-state index contributed by atoms with van der Waals surface area (Å²) in [4.78, 5) is 22.5. The second kappa shape index (κ2) is 8.16. The van der Waals surface area contributed by atoms with Gasteiger partial charge in [-0.3, -0.25) is 9.36 Å². The Morgan fingerprint density at radius 3 is 2.57 bits per heavy atom. The first-order chi connectivity index (χ1) is 13.7. The minimum absolute atomic E-state index is 0.00537. The van der Waals surface area contributed by atoms with Crippen molar-refractivity contribution in [3.05, 3.63) is 64.7 Å². The fourth-order valence-corrected chi connectivity index (χ4v) is 4.28. The van der Waals surface area contributed by atoms with Crippen LogP contribution >= 0.6 is 11.8 Å². The predicted octanol–water partition coefficient (Wildman–Crippen LogP) is 3.61. The molecule has 28 heavy (non-hydrogen) atoms. The van der Waals surface area contributed by atoms with Crippen LogP contribution in [-0.4, -0.2) is 32.8 Å². The summed E-state index contributed by atoms with van der Waals surface area (Å²) in [5.41, 5.74) is 2.80. The van der Waals surface area contributed by atoms with E-state index >= 15 is 0 Å². The van der Waals surface area contributed by atoms with E-state index in [9.17, 15) is 4.79 Å². The average molecular weight is 395 g/mol. The average Bonchev–Trinajstić information content (AvgIpc) is 3.04. The van der Waals surface area contributed by atoms with E-state index in [0.29, 0.717) is 29.4 Å². The Labute approximate surface area is 167 Å². The van der Waals surface area contributed by atoms with Crippen molar-refractivity contribution in [1.82, 2.24) is 19.1 Å². The van der Waals surface area contributed by atoms with Crippen LogP contribution in [0.25, 0.3) is 21.9 Å². The van der Waals surface area contributed by atoms with Gasteiger partial charge in [-0.25, -0.2) is 9.97 Å². The van der Waals surface area contributed by atoms with Gasteiger partial charge in [-0.05, 0) is 30.7 Å². The summed E-state index contributed by atoms with van der Waals surface area (Å²) in [6, 6.07) is 15.6. The zero-order chi connectivity index (χ0) is 19.5. The molecular formula is C21H22N4O2S. The minimum Gasteiger partial charge on any atom is -0.385 e. The quantitative estimate of drug-likeness (QED) is 0.272. The summed E-state index contributed by atoms with van der Waals surface area (Å²) in [6.45, 7) is 1.18. The molecule has 0 saturated heterocycles. The van der Waals surface area contributed by atoms with Gasteiger partial charge in [-0.2, -0.15) is 0 Å². The molecule has 144 valence electrons. The van der Waals surface area contributed by atoms with Crippen molar-refractivity contribution in [2.75, 3.05) is 13.7 Å². The van der Waals surface area contributed by atoms with Crippen molar-refractivity contribution >= 4 is 33.7 Å². The monoisotopic (exact) mass is 394 g/mol. The van der Waals surface area contributed by atoms with Crippen molar-refractivity contribution in [3.8, 4) is 0 Å². The van der Waals surface area contributed by atoms with E-state index in [1.165, 1.54) is 0 Å². The van der Waals surface area contributed by atoms with Crippen LogP contribution in [0.4, 0.5) is 0 Å². The van der Waals surface area contributed by atoms with Crippen LogP contribution in [0.3, 0.4) is 0 Å². The molecule has 0 aliphatic carbocycles. The molecule has 0 fully saturated rings. The minimum atomic E-state index is -0.00537. The number of hydrogen-bond donors (Lipinski definition) is 0. The van der Waals surface area contributed by atoms with E-state index < -0.39 is 0 Å². The number of aromatic nitrogens is 4. The number of aryl methyl sites for hydroxylation is 1. The molecule has 6 nitrogen and oxygen atoms in total. The number of hydrogen-bond acceptors (Lipinski definition) is 5. The topological polar surface area (TPSA) is 61.9 Å². The third-order valence-electron chi connectivity index (χ3n) is 4.77. The van der Waals surface area contributed by atoms with Gasteiger partial charge in [0.25, 0.3) is 5.56 Å². The molecule has 0 unspecified atom stereocenters. The molecule has 2 aromatic carbocycles. The van der Waals surface area contributed by atoms with E-state index in [4.69, 9.17) is 14.7 Å². The molecule has 0 amide bonds. The summed E-state index contributed by atoms with van der Waals surface area (Å²) in [7, 11) is 3.69. The Balaban J connectivity index is 1.68. The summed E-state index contributed by atoms with van der Waals surface area (Å²) in [5.74, 6) is 1.59. The molecule has 0 spiro atoms. The van der Waals surface area contributed by atoms with Crippen LogP contribution in [-0.2, 0) is 24.1 Å². The highest BCUT2D eigenvalue weighted by molar-refractivity contribution is 7.98. The SMILES string of the molecule is COCCCn1c(SCc2nc3ccccc3n2C)nc2ccccc2c1=O. The number of benzene rings is 2. The molecule has 0 aliphatic heterocycles. The van der Waals surface area contributed by atoms with E-state index in [-0.39, 0.29) is 5.56 Å². The first kappa shape index (κ1) is 18.7. The molecule has 2 aromatic heterocycles. The maximum Gasteiger partial charge on any atom is 0.262 e. The molecule has 7 heteroatoms. The van der Waals surface area contributed by atoms with Crippen molar-refractivity contribution in [2.45, 2.75) is 23.9 Å². The zero-order valence-corrected chi connectivity index (χ0v) is 16.8. The lowest BCUT2D eigenvalue weighted by atomic mass is 10.2. The predicted molar refractivity (Wildman–Crippen MR) is 113 cm³/mol. The van der Waals surface area contributed by atoms with Crippen molar-refractivity contribution in [1.29, 1.82) is 0 Å². The second-order valence-corrected chi connectivity index (χ2v) is 7.52. The Hall–Kier alpha value is -2.64. The van der Waals surface area contributed by atoms with Gasteiger partial charge >= 0.3 is 0 Å². The van der Waals surface area contributed by atoms with Crippen LogP contribution in [0.1, 0.15) is 12.2 Å². The smallest absolute Gasteiger partial charge is 0.262 e. The van der Waals surface area contributed by atoms with E-state index in [1.54, 1.807) is 23.4 Å². The molecule has 0 atom stereocenters. The molecule has 0 radical (unpaired) electrons. The number of thioether (sulfide) groups is 1. The number of fused-ring (bicyclic) bond motifs is 2. The molecular weight excluding hydrogens is 372 g/mol. The molecule has 0 aliphatic rings. The fraction of sp³-hybridized carbons (Fsp3) is 0.286. The Kier molecular flexibility index (Phi) is 5.45. The Morgan fingerprint density at radius 1 is 1.04 bits per heavy atom. The van der Waals surface area contributed by atoms with Crippen LogP contribution < -0.4 is 5.56 Å². The second-order valence-electron chi connectivity index (χ2n) is 6.58. The third kappa shape index (κ3) is 3.55. The van der Waals surface area contributed by atoms with Crippen molar-refractivity contribution in [2.24, 2.45) is 7.05 Å². The fourth-order valence-electron chi connectivity index (χ4n) is 3.28. The third-order valence-corrected chi connectivity index (χ3v) is 5.74. The van der Waals surface area contributed by atoms with Gasteiger partial charge in [-0.15, -0.1) is 0 Å². The van der Waals surface area contributed by atoms with Gasteiger partial charge in [0.05, 0.1) is 27.7 Å². The highest BCUT2D eigenvalue weighted by Crippen LogP contribution is 2.24. The van der Waals surface area contributed by atoms with Crippen LogP contribution in [0.5, 0.6) is 0 Å². The first-order valence-corrected chi connectivity index (χ1v) is 10.2. The van der Waals surface area contributed by atoms with Gasteiger partial charge < -0.3 is 9.30 Å². The number of imidazole rings is 1. The van der Waals surface area contributed by atoms with Gasteiger partial charge in [0.1, 0.15) is 5.82 Å². The number of ether oxygens (including phenoxy) is 1. The van der Waals surface area contributed by atoms with Crippen molar-refractivity contribution in [3.63, 3.8) is 0 Å². The van der Waals surface area contributed by atoms with Crippen LogP contribution in [0.2, 0.25) is 0 Å². The molecule has 0 saturated carbocycles. The molecule has 0 bridgehead atoms. The van der Waals surface area contributed by atoms with Gasteiger partial charge in [0.15, 0.2) is 5.16 Å². The highest BCUT2D eigenvalue weighted by atomic mass is 32.2. The van der Waals surface area contributed by atoms with Gasteiger partial charge in [0.2, 0.25) is 0 Å². The van der Waals surface area contributed by atoms with Crippen LogP contribution in [0.15, 0.2) is 58.5 Å². The normalized spacial score (nSPS) is 11.5. The van der Waals surface area contributed by atoms with Gasteiger partial charge in [0, 0.05) is 27.3 Å². The summed E-state index contributed by atoms with van der Waals surface area (Å²) >= 11 is 1.54. The lowest BCUT2D eigenvalue weighted by Gasteiger charge is -2.13. The maximum absolute atomic E-state index is 13.0. The largest absolute Gasteiger partial charge is 0.385 e. The molecule has 4 aromatic rings. The Morgan fingerprint density at radius 2 is 1.79 bits per heavy atom. The summed E-state index contributed by atoms with van der Waals surface area (Å²) in [6.07, 6.45) is 0.760. The number of para-hydroxylation sites is 3. The van der Waals surface area contributed by atoms with Crippen LogP contribution in [0, 0.1) is 0 Å². The maximum atomic E-state index is 13.0. The number of methoxy groups -OCH3 is 1. The van der Waals surface area contributed by atoms with Gasteiger partial charge in [-0.1, -0.05) is 36.0 Å². The molecule has 4 rings (SSSR count). The lowest BCUT2D eigenvalue weighted by Crippen LogP contribution is -2.24. The summed E-state index contributed by atoms with van der Waals surface area (Å²) < 4.78 is 9.01. The van der Waals surface area contributed by atoms with E-state index in [1.807, 2.05) is 49.5 Å².